The molecule has 1 rings (SSSR count). The van der Waals surface area contributed by atoms with Crippen molar-refractivity contribution in [1.82, 2.24) is 10.3 Å². The second-order valence-electron chi connectivity index (χ2n) is 6.10. The lowest BCUT2D eigenvalue weighted by Gasteiger charge is -2.17. The van der Waals surface area contributed by atoms with Gasteiger partial charge in [-0.3, -0.25) is 4.79 Å². The number of nitrogens with one attached hydrogen (secondary N) is 2. The summed E-state index contributed by atoms with van der Waals surface area (Å²) in [6.45, 7) is 11.1. The molecule has 0 spiro atoms. The van der Waals surface area contributed by atoms with Crippen LogP contribution in [0.15, 0.2) is 0 Å². The zero-order valence-corrected chi connectivity index (χ0v) is 13.1. The Morgan fingerprint density at radius 1 is 1.42 bits per heavy atom. The molecule has 0 fully saturated rings. The molecule has 108 valence electrons. The number of rotatable bonds is 5. The monoisotopic (exact) mass is 284 g/mol. The highest BCUT2D eigenvalue weighted by Gasteiger charge is 2.17. The predicted molar refractivity (Wildman–Crippen MR) is 81.7 cm³/mol. The van der Waals surface area contributed by atoms with E-state index in [-0.39, 0.29) is 17.4 Å². The van der Waals surface area contributed by atoms with Crippen LogP contribution in [0.25, 0.3) is 0 Å². The SMILES string of the molecule is CC(C)Nc1nc(N)c(C(=O)NCCC(C)(C)C)s1. The lowest BCUT2D eigenvalue weighted by atomic mass is 9.92. The summed E-state index contributed by atoms with van der Waals surface area (Å²) in [7, 11) is 0. The molecule has 0 aliphatic heterocycles. The Morgan fingerprint density at radius 3 is 2.58 bits per heavy atom. The average molecular weight is 284 g/mol. The number of aromatic nitrogens is 1. The molecule has 1 aromatic heterocycles. The molecule has 0 aromatic carbocycles. The highest BCUT2D eigenvalue weighted by molar-refractivity contribution is 7.18. The van der Waals surface area contributed by atoms with Gasteiger partial charge in [0.05, 0.1) is 0 Å². The summed E-state index contributed by atoms with van der Waals surface area (Å²) in [4.78, 5) is 16.6. The number of amides is 1. The van der Waals surface area contributed by atoms with E-state index >= 15 is 0 Å². The first kappa shape index (κ1) is 15.8. The Balaban J connectivity index is 2.59. The molecule has 5 nitrogen and oxygen atoms in total. The molecular formula is C13H24N4OS. The normalized spacial score (nSPS) is 11.7. The number of anilines is 2. The van der Waals surface area contributed by atoms with Gasteiger partial charge in [0.25, 0.3) is 5.91 Å². The van der Waals surface area contributed by atoms with E-state index in [1.54, 1.807) is 0 Å². The summed E-state index contributed by atoms with van der Waals surface area (Å²) >= 11 is 1.29. The van der Waals surface area contributed by atoms with Gasteiger partial charge in [-0.05, 0) is 25.7 Å². The van der Waals surface area contributed by atoms with Crippen LogP contribution in [-0.2, 0) is 0 Å². The average Bonchev–Trinajstić information content (AvgIpc) is 2.56. The Kier molecular flexibility index (Phi) is 5.17. The zero-order chi connectivity index (χ0) is 14.6. The number of carbonyl (C=O) groups excluding carboxylic acids is 1. The van der Waals surface area contributed by atoms with Crippen molar-refractivity contribution in [2.24, 2.45) is 5.41 Å². The third-order valence-electron chi connectivity index (χ3n) is 2.43. The number of nitrogen functional groups attached to an aromatic ring is 1. The first-order chi connectivity index (χ1) is 8.69. The number of thiazole rings is 1. The van der Waals surface area contributed by atoms with Gasteiger partial charge in [-0.25, -0.2) is 4.98 Å². The van der Waals surface area contributed by atoms with Gasteiger partial charge in [0.1, 0.15) is 10.7 Å². The maximum atomic E-state index is 12.0. The molecule has 1 heterocycles. The molecule has 0 bridgehead atoms. The Labute approximate surface area is 119 Å². The van der Waals surface area contributed by atoms with Gasteiger partial charge in [0.2, 0.25) is 0 Å². The third-order valence-corrected chi connectivity index (χ3v) is 3.43. The van der Waals surface area contributed by atoms with E-state index in [2.05, 4.69) is 36.4 Å². The lowest BCUT2D eigenvalue weighted by molar-refractivity contribution is 0.0954. The molecule has 0 aliphatic carbocycles. The van der Waals surface area contributed by atoms with Gasteiger partial charge < -0.3 is 16.4 Å². The molecule has 19 heavy (non-hydrogen) atoms. The Bertz CT molecular complexity index is 434. The number of hydrogen-bond acceptors (Lipinski definition) is 5. The van der Waals surface area contributed by atoms with E-state index in [0.29, 0.717) is 22.4 Å². The summed E-state index contributed by atoms with van der Waals surface area (Å²) in [5, 5.41) is 6.72. The molecule has 4 N–H and O–H groups in total. The molecule has 0 aliphatic rings. The summed E-state index contributed by atoms with van der Waals surface area (Å²) < 4.78 is 0. The van der Waals surface area contributed by atoms with Crippen molar-refractivity contribution in [3.05, 3.63) is 4.88 Å². The molecule has 1 aromatic rings. The van der Waals surface area contributed by atoms with Gasteiger partial charge in [-0.1, -0.05) is 32.1 Å². The first-order valence-electron chi connectivity index (χ1n) is 6.50. The maximum Gasteiger partial charge on any atom is 0.265 e. The standard InChI is InChI=1S/C13H24N4OS/c1-8(2)16-12-17-10(14)9(19-12)11(18)15-7-6-13(3,4)5/h8H,6-7,14H2,1-5H3,(H,15,18)(H,16,17). The van der Waals surface area contributed by atoms with Crippen LogP contribution in [-0.4, -0.2) is 23.5 Å². The molecule has 0 saturated carbocycles. The summed E-state index contributed by atoms with van der Waals surface area (Å²) in [6.07, 6.45) is 0.925. The van der Waals surface area contributed by atoms with E-state index in [1.165, 1.54) is 11.3 Å². The van der Waals surface area contributed by atoms with Crippen molar-refractivity contribution in [3.63, 3.8) is 0 Å². The van der Waals surface area contributed by atoms with Crippen LogP contribution in [0, 0.1) is 5.41 Å². The fraction of sp³-hybridized carbons (Fsp3) is 0.692. The van der Waals surface area contributed by atoms with Crippen LogP contribution in [0.4, 0.5) is 10.9 Å². The van der Waals surface area contributed by atoms with Crippen LogP contribution in [0.5, 0.6) is 0 Å². The fourth-order valence-electron chi connectivity index (χ4n) is 1.43. The van der Waals surface area contributed by atoms with Gasteiger partial charge in [-0.2, -0.15) is 0 Å². The van der Waals surface area contributed by atoms with Gasteiger partial charge >= 0.3 is 0 Å². The summed E-state index contributed by atoms with van der Waals surface area (Å²) in [5.41, 5.74) is 5.98. The van der Waals surface area contributed by atoms with E-state index in [0.717, 1.165) is 6.42 Å². The predicted octanol–water partition coefficient (Wildman–Crippen LogP) is 2.71. The summed E-state index contributed by atoms with van der Waals surface area (Å²) in [5.74, 6) is 0.150. The van der Waals surface area contributed by atoms with Crippen LogP contribution >= 0.6 is 11.3 Å². The van der Waals surface area contributed by atoms with Crippen molar-refractivity contribution >= 4 is 28.2 Å². The number of hydrogen-bond donors (Lipinski definition) is 3. The number of carbonyl (C=O) groups is 1. The fourth-order valence-corrected chi connectivity index (χ4v) is 2.38. The van der Waals surface area contributed by atoms with Crippen molar-refractivity contribution in [2.45, 2.75) is 47.1 Å². The number of nitrogens with two attached hydrogens (primary N) is 1. The summed E-state index contributed by atoms with van der Waals surface area (Å²) in [6, 6.07) is 0.266. The largest absolute Gasteiger partial charge is 0.382 e. The molecule has 0 atom stereocenters. The van der Waals surface area contributed by atoms with Crippen molar-refractivity contribution in [2.75, 3.05) is 17.6 Å². The molecular weight excluding hydrogens is 260 g/mol. The third kappa shape index (κ3) is 5.46. The van der Waals surface area contributed by atoms with E-state index in [9.17, 15) is 4.79 Å². The lowest BCUT2D eigenvalue weighted by Crippen LogP contribution is -2.27. The highest BCUT2D eigenvalue weighted by Crippen LogP contribution is 2.25. The second kappa shape index (κ2) is 6.23. The first-order valence-corrected chi connectivity index (χ1v) is 7.32. The van der Waals surface area contributed by atoms with Crippen molar-refractivity contribution < 1.29 is 4.79 Å². The van der Waals surface area contributed by atoms with E-state index < -0.39 is 0 Å². The minimum atomic E-state index is -0.143. The van der Waals surface area contributed by atoms with Crippen LogP contribution in [0.1, 0.15) is 50.7 Å². The Hall–Kier alpha value is -1.30. The van der Waals surface area contributed by atoms with Crippen LogP contribution < -0.4 is 16.4 Å². The van der Waals surface area contributed by atoms with Gasteiger partial charge in [0, 0.05) is 12.6 Å². The molecule has 6 heteroatoms. The van der Waals surface area contributed by atoms with E-state index in [4.69, 9.17) is 5.73 Å². The highest BCUT2D eigenvalue weighted by atomic mass is 32.1. The van der Waals surface area contributed by atoms with Crippen LogP contribution in [0.2, 0.25) is 0 Å². The molecule has 0 unspecified atom stereocenters. The molecule has 0 radical (unpaired) electrons. The van der Waals surface area contributed by atoms with Gasteiger partial charge in [0.15, 0.2) is 5.13 Å². The quantitative estimate of drug-likeness (QED) is 0.776. The van der Waals surface area contributed by atoms with Crippen LogP contribution in [0.3, 0.4) is 0 Å². The van der Waals surface area contributed by atoms with Crippen molar-refractivity contribution in [1.29, 1.82) is 0 Å². The molecule has 1 amide bonds. The molecule has 0 saturated heterocycles. The smallest absolute Gasteiger partial charge is 0.265 e. The maximum absolute atomic E-state index is 12.0. The Morgan fingerprint density at radius 2 is 2.05 bits per heavy atom. The van der Waals surface area contributed by atoms with Gasteiger partial charge in [-0.15, -0.1) is 0 Å². The minimum Gasteiger partial charge on any atom is -0.382 e. The van der Waals surface area contributed by atoms with Crippen molar-refractivity contribution in [3.8, 4) is 0 Å². The van der Waals surface area contributed by atoms with E-state index in [1.807, 2.05) is 13.8 Å². The zero-order valence-electron chi connectivity index (χ0n) is 12.3. The second-order valence-corrected chi connectivity index (χ2v) is 7.10. The number of nitrogens with zero attached hydrogens (tertiary/aromatic N) is 1. The minimum absolute atomic E-state index is 0.143. The topological polar surface area (TPSA) is 80.0 Å².